The molecule has 0 spiro atoms. The van der Waals surface area contributed by atoms with E-state index in [4.69, 9.17) is 9.47 Å². The third-order valence-electron chi connectivity index (χ3n) is 4.95. The van der Waals surface area contributed by atoms with Crippen LogP contribution in [0.4, 0.5) is 10.8 Å². The largest absolute Gasteiger partial charge is 0.493 e. The first-order chi connectivity index (χ1) is 17.0. The summed E-state index contributed by atoms with van der Waals surface area (Å²) in [5, 5.41) is 9.70. The summed E-state index contributed by atoms with van der Waals surface area (Å²) in [4.78, 5) is 31.0. The summed E-state index contributed by atoms with van der Waals surface area (Å²) < 4.78 is 10.6. The summed E-state index contributed by atoms with van der Waals surface area (Å²) in [7, 11) is 3.17. The van der Waals surface area contributed by atoms with Crippen LogP contribution in [0.25, 0.3) is 11.3 Å². The molecule has 2 N–H and O–H groups in total. The van der Waals surface area contributed by atoms with E-state index in [1.54, 1.807) is 20.3 Å². The van der Waals surface area contributed by atoms with Gasteiger partial charge in [-0.1, -0.05) is 6.07 Å². The number of ether oxygens (including phenoxy) is 2. The predicted octanol–water partition coefficient (Wildman–Crippen LogP) is 6.26. The molecule has 4 rings (SSSR count). The Bertz CT molecular complexity index is 1300. The van der Waals surface area contributed by atoms with Crippen LogP contribution in [0.1, 0.15) is 16.6 Å². The molecule has 2 aromatic heterocycles. The molecule has 2 amide bonds. The number of rotatable bonds is 9. The van der Waals surface area contributed by atoms with Crippen LogP contribution < -0.4 is 20.1 Å². The van der Waals surface area contributed by atoms with E-state index >= 15 is 0 Å². The Morgan fingerprint density at radius 3 is 2.43 bits per heavy atom. The van der Waals surface area contributed by atoms with Crippen molar-refractivity contribution in [2.24, 2.45) is 0 Å². The number of hydrogen-bond donors (Lipinski definition) is 2. The van der Waals surface area contributed by atoms with Gasteiger partial charge in [-0.2, -0.15) is 0 Å². The summed E-state index contributed by atoms with van der Waals surface area (Å²) >= 11 is 4.19. The van der Waals surface area contributed by atoms with Crippen LogP contribution in [-0.2, 0) is 4.79 Å². The van der Waals surface area contributed by atoms with Gasteiger partial charge in [-0.15, -0.1) is 34.4 Å². The molecular weight excluding hydrogens is 502 g/mol. The molecule has 0 radical (unpaired) electrons. The smallest absolute Gasteiger partial charge is 0.265 e. The van der Waals surface area contributed by atoms with Gasteiger partial charge in [0.1, 0.15) is 0 Å². The van der Waals surface area contributed by atoms with E-state index in [1.165, 1.54) is 34.4 Å². The average molecular weight is 526 g/mol. The van der Waals surface area contributed by atoms with Gasteiger partial charge >= 0.3 is 0 Å². The van der Waals surface area contributed by atoms with Crippen molar-refractivity contribution in [2.45, 2.75) is 17.1 Å². The first-order valence-corrected chi connectivity index (χ1v) is 13.2. The summed E-state index contributed by atoms with van der Waals surface area (Å²) in [6.07, 6.45) is 0. The average Bonchev–Trinajstić information content (AvgIpc) is 3.57. The highest BCUT2D eigenvalue weighted by molar-refractivity contribution is 8.00. The lowest BCUT2D eigenvalue weighted by molar-refractivity contribution is -0.115. The molecule has 10 heteroatoms. The number of methoxy groups -OCH3 is 2. The minimum atomic E-state index is -0.338. The van der Waals surface area contributed by atoms with E-state index in [1.807, 2.05) is 66.2 Å². The van der Waals surface area contributed by atoms with Crippen molar-refractivity contribution in [2.75, 3.05) is 24.9 Å². The van der Waals surface area contributed by atoms with Gasteiger partial charge in [-0.3, -0.25) is 9.59 Å². The third kappa shape index (κ3) is 6.21. The highest BCUT2D eigenvalue weighted by atomic mass is 32.2. The molecule has 0 bridgehead atoms. The molecule has 180 valence electrons. The van der Waals surface area contributed by atoms with Gasteiger partial charge in [-0.05, 0) is 60.8 Å². The van der Waals surface area contributed by atoms with Gasteiger partial charge in [0.15, 0.2) is 16.6 Å². The Kier molecular flexibility index (Phi) is 8.06. The lowest BCUT2D eigenvalue weighted by Crippen LogP contribution is -2.22. The first-order valence-electron chi connectivity index (χ1n) is 10.6. The lowest BCUT2D eigenvalue weighted by Gasteiger charge is -2.11. The van der Waals surface area contributed by atoms with E-state index in [-0.39, 0.29) is 17.1 Å². The summed E-state index contributed by atoms with van der Waals surface area (Å²) in [5.74, 6) is 0.983. The second-order valence-corrected chi connectivity index (χ2v) is 10.5. The Balaban J connectivity index is 1.33. The van der Waals surface area contributed by atoms with Gasteiger partial charge in [0, 0.05) is 21.5 Å². The SMILES string of the molecule is COc1ccc(-c2csc(NC(=O)C(C)Sc3ccc(NC(=O)c4cccs4)cc3)n2)cc1OC. The first kappa shape index (κ1) is 24.8. The van der Waals surface area contributed by atoms with Crippen LogP contribution in [0.3, 0.4) is 0 Å². The van der Waals surface area contributed by atoms with E-state index < -0.39 is 0 Å². The molecule has 0 aliphatic rings. The fourth-order valence-corrected chi connectivity index (χ4v) is 5.35. The monoisotopic (exact) mass is 525 g/mol. The van der Waals surface area contributed by atoms with Crippen molar-refractivity contribution in [3.63, 3.8) is 0 Å². The van der Waals surface area contributed by atoms with Crippen molar-refractivity contribution in [1.29, 1.82) is 0 Å². The number of carbonyl (C=O) groups excluding carboxylic acids is 2. The van der Waals surface area contributed by atoms with E-state index in [2.05, 4.69) is 15.6 Å². The molecule has 7 nitrogen and oxygen atoms in total. The number of hydrogen-bond acceptors (Lipinski definition) is 8. The zero-order chi connectivity index (χ0) is 24.8. The van der Waals surface area contributed by atoms with Gasteiger partial charge in [0.2, 0.25) is 5.91 Å². The summed E-state index contributed by atoms with van der Waals surface area (Å²) in [5.41, 5.74) is 2.31. The highest BCUT2D eigenvalue weighted by Crippen LogP contribution is 2.34. The second-order valence-electron chi connectivity index (χ2n) is 7.31. The van der Waals surface area contributed by atoms with Crippen LogP contribution in [0.15, 0.2) is 70.3 Å². The van der Waals surface area contributed by atoms with Crippen LogP contribution in [-0.4, -0.2) is 36.3 Å². The summed E-state index contributed by atoms with van der Waals surface area (Å²) in [6.45, 7) is 1.84. The maximum Gasteiger partial charge on any atom is 0.265 e. The Labute approximate surface area is 215 Å². The number of benzene rings is 2. The van der Waals surface area contributed by atoms with Crippen molar-refractivity contribution < 1.29 is 19.1 Å². The fourth-order valence-electron chi connectivity index (χ4n) is 3.14. The predicted molar refractivity (Wildman–Crippen MR) is 143 cm³/mol. The maximum absolute atomic E-state index is 12.7. The molecule has 0 aliphatic heterocycles. The number of thiophene rings is 1. The molecule has 0 saturated heterocycles. The van der Waals surface area contributed by atoms with Crippen LogP contribution in [0, 0.1) is 0 Å². The van der Waals surface area contributed by atoms with Crippen molar-refractivity contribution in [3.05, 3.63) is 70.2 Å². The Hall–Kier alpha value is -3.34. The van der Waals surface area contributed by atoms with Gasteiger partial charge in [-0.25, -0.2) is 4.98 Å². The van der Waals surface area contributed by atoms with Crippen molar-refractivity contribution in [1.82, 2.24) is 4.98 Å². The molecule has 35 heavy (non-hydrogen) atoms. The van der Waals surface area contributed by atoms with E-state index in [0.29, 0.717) is 27.2 Å². The molecule has 0 fully saturated rings. The topological polar surface area (TPSA) is 89.6 Å². The minimum absolute atomic E-state index is 0.135. The molecule has 0 saturated carbocycles. The van der Waals surface area contributed by atoms with Gasteiger partial charge in [0.05, 0.1) is 30.0 Å². The lowest BCUT2D eigenvalue weighted by atomic mass is 10.1. The van der Waals surface area contributed by atoms with Gasteiger partial charge in [0.25, 0.3) is 5.91 Å². The number of nitrogens with one attached hydrogen (secondary N) is 2. The molecule has 2 heterocycles. The zero-order valence-corrected chi connectivity index (χ0v) is 21.7. The normalized spacial score (nSPS) is 11.5. The van der Waals surface area contributed by atoms with Crippen LogP contribution in [0.5, 0.6) is 11.5 Å². The van der Waals surface area contributed by atoms with Crippen LogP contribution in [0.2, 0.25) is 0 Å². The number of amides is 2. The number of carbonyl (C=O) groups is 2. The number of aromatic nitrogens is 1. The highest BCUT2D eigenvalue weighted by Gasteiger charge is 2.17. The molecule has 4 aromatic rings. The molecular formula is C25H23N3O4S3. The second kappa shape index (κ2) is 11.4. The number of thiazole rings is 1. The van der Waals surface area contributed by atoms with Crippen molar-refractivity contribution in [3.8, 4) is 22.8 Å². The number of anilines is 2. The van der Waals surface area contributed by atoms with Crippen molar-refractivity contribution >= 4 is 57.1 Å². The fraction of sp³-hybridized carbons (Fsp3) is 0.160. The van der Waals surface area contributed by atoms with Gasteiger partial charge < -0.3 is 20.1 Å². The van der Waals surface area contributed by atoms with Crippen LogP contribution >= 0.6 is 34.4 Å². The third-order valence-corrected chi connectivity index (χ3v) is 7.69. The number of thioether (sulfide) groups is 1. The van der Waals surface area contributed by atoms with E-state index in [0.717, 1.165) is 16.2 Å². The minimum Gasteiger partial charge on any atom is -0.493 e. The molecule has 2 aromatic carbocycles. The zero-order valence-electron chi connectivity index (χ0n) is 19.2. The quantitative estimate of drug-likeness (QED) is 0.251. The molecule has 1 atom stereocenters. The molecule has 1 unspecified atom stereocenters. The summed E-state index contributed by atoms with van der Waals surface area (Å²) in [6, 6.07) is 16.6. The standard InChI is InChI=1S/C25H23N3O4S3/c1-15(35-18-9-7-17(8-10-18)26-24(30)22-5-4-12-33-22)23(29)28-25-27-19(14-34-25)16-6-11-20(31-2)21(13-16)32-3/h4-15H,1-3H3,(H,26,30)(H,27,28,29). The van der Waals surface area contributed by atoms with E-state index in [9.17, 15) is 9.59 Å². The maximum atomic E-state index is 12.7. The Morgan fingerprint density at radius 1 is 0.971 bits per heavy atom. The number of nitrogens with zero attached hydrogens (tertiary/aromatic N) is 1. The Morgan fingerprint density at radius 2 is 1.74 bits per heavy atom. The molecule has 0 aliphatic carbocycles.